The molecule has 1 aromatic heterocycles. The first-order valence-electron chi connectivity index (χ1n) is 16.4. The van der Waals surface area contributed by atoms with Gasteiger partial charge in [-0.25, -0.2) is 8.78 Å². The summed E-state index contributed by atoms with van der Waals surface area (Å²) in [6, 6.07) is 4.51. The second-order valence-electron chi connectivity index (χ2n) is 13.5. The van der Waals surface area contributed by atoms with E-state index in [0.717, 1.165) is 31.4 Å². The van der Waals surface area contributed by atoms with Crippen LogP contribution in [0.3, 0.4) is 0 Å². The molecule has 1 heterocycles. The highest BCUT2D eigenvalue weighted by molar-refractivity contribution is 5.77. The van der Waals surface area contributed by atoms with E-state index in [1.54, 1.807) is 0 Å². The summed E-state index contributed by atoms with van der Waals surface area (Å²) >= 11 is 0. The lowest BCUT2D eigenvalue weighted by Crippen LogP contribution is -2.34. The van der Waals surface area contributed by atoms with E-state index >= 15 is 0 Å². The molecule has 1 saturated carbocycles. The molecule has 0 unspecified atom stereocenters. The first kappa shape index (κ1) is 33.0. The number of hydrogen-bond donors (Lipinski definition) is 0. The monoisotopic (exact) mass is 585 g/mol. The summed E-state index contributed by atoms with van der Waals surface area (Å²) in [5.41, 5.74) is 14.4. The van der Waals surface area contributed by atoms with Gasteiger partial charge in [0, 0.05) is 41.7 Å². The number of hydrogen-bond acceptors (Lipinski definition) is 0. The molecule has 0 amide bonds. The average Bonchev–Trinajstić information content (AvgIpc) is 3.27. The van der Waals surface area contributed by atoms with Gasteiger partial charge in [0.2, 0.25) is 5.92 Å². The first-order chi connectivity index (χ1) is 20.3. The van der Waals surface area contributed by atoms with Crippen LogP contribution in [0.1, 0.15) is 123 Å². The van der Waals surface area contributed by atoms with Crippen LogP contribution in [0.25, 0.3) is 28.9 Å². The van der Waals surface area contributed by atoms with E-state index in [9.17, 15) is 8.78 Å². The molecule has 0 aliphatic heterocycles. The topological polar surface area (TPSA) is 4.93 Å². The third kappa shape index (κ3) is 6.92. The first-order valence-corrected chi connectivity index (χ1v) is 16.4. The number of alkyl halides is 2. The van der Waals surface area contributed by atoms with Gasteiger partial charge in [-0.05, 0) is 131 Å². The maximum absolute atomic E-state index is 14.1. The van der Waals surface area contributed by atoms with Crippen LogP contribution in [0.5, 0.6) is 0 Å². The molecule has 4 rings (SSSR count). The molecular weight excluding hydrogens is 532 g/mol. The highest BCUT2D eigenvalue weighted by atomic mass is 19.3. The predicted molar refractivity (Wildman–Crippen MR) is 183 cm³/mol. The van der Waals surface area contributed by atoms with E-state index in [-0.39, 0.29) is 18.8 Å². The number of benzene rings is 1. The molecule has 0 spiro atoms. The maximum Gasteiger partial charge on any atom is 0.248 e. The van der Waals surface area contributed by atoms with Gasteiger partial charge in [-0.2, -0.15) is 0 Å². The zero-order valence-electron chi connectivity index (χ0n) is 28.2. The molecule has 2 aliphatic carbocycles. The Labute approximate surface area is 259 Å². The lowest BCUT2D eigenvalue weighted by atomic mass is 9.83. The number of aromatic nitrogens is 1. The maximum atomic E-state index is 14.1. The summed E-state index contributed by atoms with van der Waals surface area (Å²) in [7, 11) is 0. The zero-order chi connectivity index (χ0) is 31.6. The van der Waals surface area contributed by atoms with Gasteiger partial charge in [0.1, 0.15) is 0 Å². The van der Waals surface area contributed by atoms with Crippen LogP contribution in [0.4, 0.5) is 8.78 Å². The van der Waals surface area contributed by atoms with Crippen LogP contribution < -0.4 is 10.6 Å². The van der Waals surface area contributed by atoms with Crippen LogP contribution >= 0.6 is 0 Å². The van der Waals surface area contributed by atoms with Crippen molar-refractivity contribution in [1.29, 1.82) is 0 Å². The van der Waals surface area contributed by atoms with E-state index in [1.807, 2.05) is 0 Å². The van der Waals surface area contributed by atoms with Crippen molar-refractivity contribution < 1.29 is 8.78 Å². The van der Waals surface area contributed by atoms with Crippen LogP contribution in [0.2, 0.25) is 0 Å². The van der Waals surface area contributed by atoms with E-state index in [2.05, 4.69) is 110 Å². The van der Waals surface area contributed by atoms with E-state index in [1.165, 1.54) is 66.3 Å². The predicted octanol–water partition coefficient (Wildman–Crippen LogP) is 10.8. The minimum atomic E-state index is -2.52. The summed E-state index contributed by atoms with van der Waals surface area (Å²) in [5, 5.41) is 2.44. The molecule has 2 aromatic rings. The molecular formula is C40H53F2N. The number of rotatable bonds is 8. The third-order valence-corrected chi connectivity index (χ3v) is 9.91. The molecule has 1 aromatic carbocycles. The Bertz CT molecular complexity index is 1590. The van der Waals surface area contributed by atoms with Gasteiger partial charge in [0.05, 0.1) is 0 Å². The Hall–Kier alpha value is -2.94. The van der Waals surface area contributed by atoms with Gasteiger partial charge in [-0.3, -0.25) is 0 Å². The number of halogens is 2. The average molecular weight is 586 g/mol. The third-order valence-electron chi connectivity index (χ3n) is 9.91. The van der Waals surface area contributed by atoms with Crippen molar-refractivity contribution >= 4 is 17.7 Å². The van der Waals surface area contributed by atoms with Crippen molar-refractivity contribution in [3.05, 3.63) is 86.1 Å². The summed E-state index contributed by atoms with van der Waals surface area (Å²) < 4.78 is 30.6. The molecule has 1 fully saturated rings. The largest absolute Gasteiger partial charge is 0.347 e. The quantitative estimate of drug-likeness (QED) is 0.290. The lowest BCUT2D eigenvalue weighted by Gasteiger charge is -2.28. The Balaban J connectivity index is 2.02. The minimum Gasteiger partial charge on any atom is -0.347 e. The van der Waals surface area contributed by atoms with Gasteiger partial charge >= 0.3 is 0 Å². The molecule has 0 bridgehead atoms. The van der Waals surface area contributed by atoms with Crippen molar-refractivity contribution in [1.82, 2.24) is 4.57 Å². The van der Waals surface area contributed by atoms with Crippen molar-refractivity contribution in [2.75, 3.05) is 0 Å². The molecule has 232 valence electrons. The van der Waals surface area contributed by atoms with E-state index in [0.29, 0.717) is 18.8 Å². The highest BCUT2D eigenvalue weighted by Gasteiger charge is 2.35. The van der Waals surface area contributed by atoms with E-state index < -0.39 is 5.92 Å². The van der Waals surface area contributed by atoms with Gasteiger partial charge in [-0.15, -0.1) is 0 Å². The van der Waals surface area contributed by atoms with Crippen molar-refractivity contribution in [3.8, 4) is 11.1 Å². The molecule has 1 nitrogen and oxygen atoms in total. The molecule has 0 N–H and O–H groups in total. The van der Waals surface area contributed by atoms with Crippen LogP contribution in [-0.4, -0.2) is 10.5 Å². The molecule has 2 aliphatic rings. The zero-order valence-corrected chi connectivity index (χ0v) is 28.2. The molecule has 0 radical (unpaired) electrons. The van der Waals surface area contributed by atoms with Crippen molar-refractivity contribution in [2.45, 2.75) is 126 Å². The Morgan fingerprint density at radius 2 is 1.70 bits per heavy atom. The Kier molecular flexibility index (Phi) is 10.2. The SMILES string of the molecule is C=C(C)c1ccc(-c2cn(CC3CCC(F)(F)CC3)c(=C/C(=C\C)C3=C(C)CCC(C)=C3C)/c2=C/CC)c(C(C)C)c1C. The molecule has 3 heteroatoms. The highest BCUT2D eigenvalue weighted by Crippen LogP contribution is 2.38. The molecule has 0 atom stereocenters. The van der Waals surface area contributed by atoms with Crippen molar-refractivity contribution in [3.63, 3.8) is 0 Å². The number of nitrogens with zero attached hydrogens (tertiary/aromatic N) is 1. The van der Waals surface area contributed by atoms with Crippen LogP contribution in [-0.2, 0) is 6.54 Å². The van der Waals surface area contributed by atoms with Crippen LogP contribution in [0.15, 0.2) is 58.9 Å². The number of allylic oxidation sites excluding steroid dienone is 7. The van der Waals surface area contributed by atoms with Gasteiger partial charge in [0.25, 0.3) is 0 Å². The smallest absolute Gasteiger partial charge is 0.248 e. The van der Waals surface area contributed by atoms with Gasteiger partial charge in [-0.1, -0.05) is 68.4 Å². The van der Waals surface area contributed by atoms with Crippen molar-refractivity contribution in [2.24, 2.45) is 5.92 Å². The fraction of sp³-hybridized carbons (Fsp3) is 0.500. The van der Waals surface area contributed by atoms with Gasteiger partial charge in [0.15, 0.2) is 0 Å². The lowest BCUT2D eigenvalue weighted by molar-refractivity contribution is -0.0473. The molecule has 0 saturated heterocycles. The summed E-state index contributed by atoms with van der Waals surface area (Å²) in [5.74, 6) is -1.93. The standard InChI is InChI=1S/C40H53F2N/c1-11-13-34-36(35-17-16-33(25(3)4)30(10)38(35)26(5)6)24-43(23-31-18-20-40(41,42)21-19-31)37(34)22-32(12-2)39-28(8)15-14-27(7)29(39)9/h12-13,16-17,22,24,26,31H,3,11,14-15,18-21,23H2,1-2,4-10H3/b32-12+,34-13+,37-22+. The van der Waals surface area contributed by atoms with E-state index in [4.69, 9.17) is 0 Å². The second kappa shape index (κ2) is 13.4. The summed E-state index contributed by atoms with van der Waals surface area (Å²) in [6.07, 6.45) is 13.6. The van der Waals surface area contributed by atoms with Crippen LogP contribution in [0, 0.1) is 12.8 Å². The fourth-order valence-electron chi connectivity index (χ4n) is 7.39. The second-order valence-corrected chi connectivity index (χ2v) is 13.5. The fourth-order valence-corrected chi connectivity index (χ4v) is 7.39. The summed E-state index contributed by atoms with van der Waals surface area (Å²) in [4.78, 5) is 0. The minimum absolute atomic E-state index is 0.00665. The Morgan fingerprint density at radius 1 is 1.05 bits per heavy atom. The van der Waals surface area contributed by atoms with Gasteiger partial charge < -0.3 is 4.57 Å². The molecule has 43 heavy (non-hydrogen) atoms. The summed E-state index contributed by atoms with van der Waals surface area (Å²) in [6.45, 7) is 25.0. The Morgan fingerprint density at radius 3 is 2.28 bits per heavy atom. The normalized spacial score (nSPS) is 19.3.